The van der Waals surface area contributed by atoms with Gasteiger partial charge in [-0.25, -0.2) is 9.18 Å². The summed E-state index contributed by atoms with van der Waals surface area (Å²) in [6.07, 6.45) is 0. The maximum Gasteiger partial charge on any atom is 0.342 e. The molecule has 0 saturated heterocycles. The summed E-state index contributed by atoms with van der Waals surface area (Å²) in [4.78, 5) is 22.1. The van der Waals surface area contributed by atoms with Crippen LogP contribution >= 0.6 is 0 Å². The number of hydrogen-bond donors (Lipinski definition) is 0. The third-order valence-electron chi connectivity index (χ3n) is 2.71. The molecule has 2 aromatic carbocycles. The number of non-ortho nitro benzene ring substituents is 1. The summed E-state index contributed by atoms with van der Waals surface area (Å²) >= 11 is 0. The highest BCUT2D eigenvalue weighted by Gasteiger charge is 2.19. The summed E-state index contributed by atoms with van der Waals surface area (Å²) < 4.78 is 23.2. The van der Waals surface area contributed by atoms with E-state index in [9.17, 15) is 19.3 Å². The number of esters is 1. The molecule has 0 amide bonds. The van der Waals surface area contributed by atoms with Crippen molar-refractivity contribution in [3.05, 3.63) is 64.0 Å². The Morgan fingerprint density at radius 3 is 2.50 bits per heavy atom. The first-order valence-corrected chi connectivity index (χ1v) is 6.40. The number of benzene rings is 2. The van der Waals surface area contributed by atoms with Crippen LogP contribution in [0.1, 0.15) is 17.3 Å². The Hall–Kier alpha value is -2.96. The number of ether oxygens (including phenoxy) is 2. The van der Waals surface area contributed by atoms with E-state index in [0.29, 0.717) is 5.75 Å². The molecule has 0 aliphatic rings. The van der Waals surface area contributed by atoms with Crippen LogP contribution in [0.5, 0.6) is 11.5 Å². The smallest absolute Gasteiger partial charge is 0.342 e. The summed E-state index contributed by atoms with van der Waals surface area (Å²) in [6.45, 7) is 1.74. The van der Waals surface area contributed by atoms with E-state index in [0.717, 1.165) is 6.07 Å². The normalized spacial score (nSPS) is 10.1. The highest BCUT2D eigenvalue weighted by molar-refractivity contribution is 5.93. The Balaban J connectivity index is 2.38. The molecule has 0 aliphatic carbocycles. The van der Waals surface area contributed by atoms with Crippen LogP contribution in [-0.2, 0) is 4.74 Å². The minimum atomic E-state index is -0.733. The molecule has 0 atom stereocenters. The average molecular weight is 305 g/mol. The first kappa shape index (κ1) is 15.4. The standard InChI is InChI=1S/C15H12FNO5/c1-2-21-15(18)13-9-11(17(19)20)5-8-14(13)22-12-6-3-10(16)4-7-12/h3-9H,2H2,1H3. The van der Waals surface area contributed by atoms with Crippen LogP contribution in [0.15, 0.2) is 42.5 Å². The second-order valence-corrected chi connectivity index (χ2v) is 4.21. The van der Waals surface area contributed by atoms with E-state index in [1.165, 1.54) is 36.4 Å². The number of nitrogens with zero attached hydrogens (tertiary/aromatic N) is 1. The topological polar surface area (TPSA) is 78.7 Å². The average Bonchev–Trinajstić information content (AvgIpc) is 2.50. The van der Waals surface area contributed by atoms with Crippen molar-refractivity contribution < 1.29 is 23.6 Å². The monoisotopic (exact) mass is 305 g/mol. The summed E-state index contributed by atoms with van der Waals surface area (Å²) in [5, 5.41) is 10.8. The first-order valence-electron chi connectivity index (χ1n) is 6.40. The molecule has 22 heavy (non-hydrogen) atoms. The summed E-state index contributed by atoms with van der Waals surface area (Å²) in [5.74, 6) is -0.776. The number of halogens is 1. The highest BCUT2D eigenvalue weighted by atomic mass is 19.1. The van der Waals surface area contributed by atoms with Crippen molar-refractivity contribution in [3.8, 4) is 11.5 Å². The zero-order chi connectivity index (χ0) is 16.1. The largest absolute Gasteiger partial charge is 0.462 e. The molecule has 114 valence electrons. The molecule has 0 N–H and O–H groups in total. The van der Waals surface area contributed by atoms with Gasteiger partial charge in [-0.15, -0.1) is 0 Å². The molecular weight excluding hydrogens is 293 g/mol. The van der Waals surface area contributed by atoms with E-state index in [2.05, 4.69) is 0 Å². The van der Waals surface area contributed by atoms with Crippen molar-refractivity contribution in [3.63, 3.8) is 0 Å². The fraction of sp³-hybridized carbons (Fsp3) is 0.133. The van der Waals surface area contributed by atoms with E-state index < -0.39 is 16.7 Å². The minimum absolute atomic E-state index is 0.0691. The van der Waals surface area contributed by atoms with Gasteiger partial charge in [-0.2, -0.15) is 0 Å². The van der Waals surface area contributed by atoms with Crippen LogP contribution in [0.4, 0.5) is 10.1 Å². The molecular formula is C15H12FNO5. The lowest BCUT2D eigenvalue weighted by atomic mass is 10.1. The molecule has 2 rings (SSSR count). The van der Waals surface area contributed by atoms with Gasteiger partial charge < -0.3 is 9.47 Å². The van der Waals surface area contributed by atoms with Crippen molar-refractivity contribution in [2.24, 2.45) is 0 Å². The lowest BCUT2D eigenvalue weighted by molar-refractivity contribution is -0.384. The van der Waals surface area contributed by atoms with Gasteiger partial charge in [0.15, 0.2) is 0 Å². The minimum Gasteiger partial charge on any atom is -0.462 e. The lowest BCUT2D eigenvalue weighted by Crippen LogP contribution is -2.07. The van der Waals surface area contributed by atoms with Gasteiger partial charge in [-0.3, -0.25) is 10.1 Å². The number of nitro benzene ring substituents is 1. The Kier molecular flexibility index (Phi) is 4.67. The molecule has 0 spiro atoms. The van der Waals surface area contributed by atoms with Crippen molar-refractivity contribution >= 4 is 11.7 Å². The van der Waals surface area contributed by atoms with Crippen LogP contribution in [0.25, 0.3) is 0 Å². The van der Waals surface area contributed by atoms with Crippen LogP contribution in [0, 0.1) is 15.9 Å². The molecule has 0 aromatic heterocycles. The molecule has 0 unspecified atom stereocenters. The lowest BCUT2D eigenvalue weighted by Gasteiger charge is -2.10. The molecule has 0 heterocycles. The van der Waals surface area contributed by atoms with E-state index in [1.807, 2.05) is 0 Å². The van der Waals surface area contributed by atoms with Crippen molar-refractivity contribution in [1.82, 2.24) is 0 Å². The molecule has 0 saturated carbocycles. The Morgan fingerprint density at radius 2 is 1.91 bits per heavy atom. The van der Waals surface area contributed by atoms with Crippen LogP contribution < -0.4 is 4.74 Å². The van der Waals surface area contributed by atoms with Gasteiger partial charge in [0.05, 0.1) is 11.5 Å². The van der Waals surface area contributed by atoms with Crippen molar-refractivity contribution in [2.75, 3.05) is 6.61 Å². The van der Waals surface area contributed by atoms with E-state index >= 15 is 0 Å². The number of carbonyl (C=O) groups excluding carboxylic acids is 1. The Morgan fingerprint density at radius 1 is 1.23 bits per heavy atom. The van der Waals surface area contributed by atoms with Crippen molar-refractivity contribution in [2.45, 2.75) is 6.92 Å². The first-order chi connectivity index (χ1) is 10.5. The third-order valence-corrected chi connectivity index (χ3v) is 2.71. The fourth-order valence-electron chi connectivity index (χ4n) is 1.72. The van der Waals surface area contributed by atoms with Crippen LogP contribution in [0.2, 0.25) is 0 Å². The van der Waals surface area contributed by atoms with Crippen molar-refractivity contribution in [1.29, 1.82) is 0 Å². The Labute approximate surface area is 125 Å². The van der Waals surface area contributed by atoms with Crippen LogP contribution in [0.3, 0.4) is 0 Å². The van der Waals surface area contributed by atoms with Gasteiger partial charge in [0.2, 0.25) is 0 Å². The molecule has 6 nitrogen and oxygen atoms in total. The molecule has 0 fully saturated rings. The maximum absolute atomic E-state index is 12.9. The predicted octanol–water partition coefficient (Wildman–Crippen LogP) is 3.70. The van der Waals surface area contributed by atoms with Gasteiger partial charge in [-0.1, -0.05) is 0 Å². The maximum atomic E-state index is 12.9. The zero-order valence-electron chi connectivity index (χ0n) is 11.6. The Bertz CT molecular complexity index is 700. The van der Waals surface area contributed by atoms with E-state index in [1.54, 1.807) is 6.92 Å². The SMILES string of the molecule is CCOC(=O)c1cc([N+](=O)[O-])ccc1Oc1ccc(F)cc1. The van der Waals surface area contributed by atoms with Gasteiger partial charge in [0.25, 0.3) is 5.69 Å². The van der Waals surface area contributed by atoms with E-state index in [-0.39, 0.29) is 23.6 Å². The third kappa shape index (κ3) is 3.57. The molecule has 2 aromatic rings. The predicted molar refractivity (Wildman–Crippen MR) is 75.5 cm³/mol. The van der Waals surface area contributed by atoms with Gasteiger partial charge in [-0.05, 0) is 37.3 Å². The summed E-state index contributed by atoms with van der Waals surface area (Å²) in [5.41, 5.74) is -0.324. The molecule has 0 bridgehead atoms. The van der Waals surface area contributed by atoms with Gasteiger partial charge in [0, 0.05) is 12.1 Å². The molecule has 0 aliphatic heterocycles. The quantitative estimate of drug-likeness (QED) is 0.478. The molecule has 0 radical (unpaired) electrons. The second kappa shape index (κ2) is 6.66. The molecule has 7 heteroatoms. The number of rotatable bonds is 5. The number of nitro groups is 1. The number of hydrogen-bond acceptors (Lipinski definition) is 5. The van der Waals surface area contributed by atoms with Crippen LogP contribution in [-0.4, -0.2) is 17.5 Å². The second-order valence-electron chi connectivity index (χ2n) is 4.21. The summed E-state index contributed by atoms with van der Waals surface area (Å²) in [6, 6.07) is 8.75. The zero-order valence-corrected chi connectivity index (χ0v) is 11.6. The number of carbonyl (C=O) groups is 1. The van der Waals surface area contributed by atoms with E-state index in [4.69, 9.17) is 9.47 Å². The highest BCUT2D eigenvalue weighted by Crippen LogP contribution is 2.29. The summed E-state index contributed by atoms with van der Waals surface area (Å²) in [7, 11) is 0. The fourth-order valence-corrected chi connectivity index (χ4v) is 1.72. The van der Waals surface area contributed by atoms with Gasteiger partial charge in [0.1, 0.15) is 22.9 Å². The van der Waals surface area contributed by atoms with Gasteiger partial charge >= 0.3 is 5.97 Å².